The molecule has 0 aliphatic heterocycles. The molecule has 0 spiro atoms. The van der Waals surface area contributed by atoms with E-state index in [2.05, 4.69) is 4.98 Å². The largest absolute Gasteiger partial charge is 0.383 e. The Morgan fingerprint density at radius 2 is 1.78 bits per heavy atom. The number of nitrogens with zero attached hydrogens (tertiary/aromatic N) is 1. The van der Waals surface area contributed by atoms with Gasteiger partial charge in [-0.05, 0) is 40.8 Å². The molecule has 0 bridgehead atoms. The summed E-state index contributed by atoms with van der Waals surface area (Å²) in [7, 11) is 0. The van der Waals surface area contributed by atoms with Gasteiger partial charge in [-0.3, -0.25) is 0 Å². The molecule has 0 radical (unpaired) electrons. The van der Waals surface area contributed by atoms with Crippen molar-refractivity contribution in [2.75, 3.05) is 5.73 Å². The average Bonchev–Trinajstić information content (AvgIpc) is 2.39. The number of halogens is 1. The molecule has 0 aliphatic rings. The minimum atomic E-state index is -0.244. The number of rotatable bonds is 1. The molecule has 88 valence electrons. The molecule has 18 heavy (non-hydrogen) atoms. The van der Waals surface area contributed by atoms with Gasteiger partial charge >= 0.3 is 0 Å². The van der Waals surface area contributed by atoms with E-state index in [1.54, 1.807) is 12.3 Å². The van der Waals surface area contributed by atoms with Crippen LogP contribution in [-0.2, 0) is 0 Å². The Kier molecular flexibility index (Phi) is 2.45. The van der Waals surface area contributed by atoms with Crippen molar-refractivity contribution < 1.29 is 4.39 Å². The lowest BCUT2D eigenvalue weighted by Crippen LogP contribution is -1.91. The van der Waals surface area contributed by atoms with Crippen LogP contribution in [0.25, 0.3) is 21.9 Å². The van der Waals surface area contributed by atoms with Crippen molar-refractivity contribution in [3.8, 4) is 11.1 Å². The zero-order chi connectivity index (χ0) is 12.5. The molecule has 3 rings (SSSR count). The SMILES string of the molecule is Nc1nccc2ccc(-c3cccc(F)c3)cc12. The standard InChI is InChI=1S/C15H11FN2/c16-13-3-1-2-11(8-13)12-5-4-10-6-7-18-15(17)14(10)9-12/h1-9H,(H2,17,18). The molecule has 0 unspecified atom stereocenters. The number of nitrogen functional groups attached to an aromatic ring is 1. The lowest BCUT2D eigenvalue weighted by molar-refractivity contribution is 0.628. The molecule has 2 nitrogen and oxygen atoms in total. The summed E-state index contributed by atoms with van der Waals surface area (Å²) in [6.45, 7) is 0. The quantitative estimate of drug-likeness (QED) is 0.703. The van der Waals surface area contributed by atoms with Crippen LogP contribution in [0.4, 0.5) is 10.2 Å². The molecule has 0 saturated carbocycles. The van der Waals surface area contributed by atoms with Crippen molar-refractivity contribution in [1.82, 2.24) is 4.98 Å². The third-order valence-electron chi connectivity index (χ3n) is 2.95. The van der Waals surface area contributed by atoms with E-state index < -0.39 is 0 Å². The molecule has 1 heterocycles. The molecule has 0 fully saturated rings. The van der Waals surface area contributed by atoms with Gasteiger partial charge in [0.2, 0.25) is 0 Å². The van der Waals surface area contributed by atoms with Gasteiger partial charge in [-0.2, -0.15) is 0 Å². The first kappa shape index (κ1) is 10.7. The second-order valence-electron chi connectivity index (χ2n) is 4.14. The van der Waals surface area contributed by atoms with E-state index in [1.165, 1.54) is 12.1 Å². The van der Waals surface area contributed by atoms with Crippen LogP contribution >= 0.6 is 0 Å². The first-order valence-corrected chi connectivity index (χ1v) is 5.64. The van der Waals surface area contributed by atoms with Gasteiger partial charge < -0.3 is 5.73 Å². The van der Waals surface area contributed by atoms with E-state index in [0.717, 1.165) is 21.9 Å². The molecule has 2 N–H and O–H groups in total. The van der Waals surface area contributed by atoms with Crippen molar-refractivity contribution in [3.05, 3.63) is 60.5 Å². The van der Waals surface area contributed by atoms with Crippen molar-refractivity contribution >= 4 is 16.6 Å². The zero-order valence-corrected chi connectivity index (χ0v) is 9.60. The summed E-state index contributed by atoms with van der Waals surface area (Å²) in [5.74, 6) is 0.248. The van der Waals surface area contributed by atoms with E-state index in [1.807, 2.05) is 30.3 Å². The highest BCUT2D eigenvalue weighted by atomic mass is 19.1. The summed E-state index contributed by atoms with van der Waals surface area (Å²) in [4.78, 5) is 4.06. The lowest BCUT2D eigenvalue weighted by atomic mass is 10.0. The van der Waals surface area contributed by atoms with Gasteiger partial charge in [0.25, 0.3) is 0 Å². The third kappa shape index (κ3) is 1.80. The maximum absolute atomic E-state index is 13.2. The molecule has 0 aliphatic carbocycles. The Morgan fingerprint density at radius 3 is 2.61 bits per heavy atom. The number of aromatic nitrogens is 1. The molecule has 0 saturated heterocycles. The van der Waals surface area contributed by atoms with Crippen molar-refractivity contribution in [2.24, 2.45) is 0 Å². The molecular weight excluding hydrogens is 227 g/mol. The van der Waals surface area contributed by atoms with Gasteiger partial charge in [0, 0.05) is 11.6 Å². The number of hydrogen-bond donors (Lipinski definition) is 1. The van der Waals surface area contributed by atoms with Crippen LogP contribution in [-0.4, -0.2) is 4.98 Å². The predicted octanol–water partition coefficient (Wildman–Crippen LogP) is 3.62. The third-order valence-corrected chi connectivity index (χ3v) is 2.95. The van der Waals surface area contributed by atoms with Gasteiger partial charge in [-0.15, -0.1) is 0 Å². The highest BCUT2D eigenvalue weighted by Crippen LogP contribution is 2.26. The summed E-state index contributed by atoms with van der Waals surface area (Å²) in [5.41, 5.74) is 7.61. The van der Waals surface area contributed by atoms with Gasteiger partial charge in [0.15, 0.2) is 0 Å². The average molecular weight is 238 g/mol. The predicted molar refractivity (Wildman–Crippen MR) is 71.5 cm³/mol. The summed E-state index contributed by atoms with van der Waals surface area (Å²) < 4.78 is 13.2. The minimum absolute atomic E-state index is 0.244. The minimum Gasteiger partial charge on any atom is -0.383 e. The highest BCUT2D eigenvalue weighted by Gasteiger charge is 2.03. The second kappa shape index (κ2) is 4.11. The number of hydrogen-bond acceptors (Lipinski definition) is 2. The second-order valence-corrected chi connectivity index (χ2v) is 4.14. The summed E-state index contributed by atoms with van der Waals surface area (Å²) in [6.07, 6.45) is 1.68. The zero-order valence-electron chi connectivity index (χ0n) is 9.60. The van der Waals surface area contributed by atoms with Crippen molar-refractivity contribution in [1.29, 1.82) is 0 Å². The maximum atomic E-state index is 13.2. The van der Waals surface area contributed by atoms with Crippen LogP contribution in [0.5, 0.6) is 0 Å². The van der Waals surface area contributed by atoms with Crippen molar-refractivity contribution in [2.45, 2.75) is 0 Å². The summed E-state index contributed by atoms with van der Waals surface area (Å²) in [6, 6.07) is 14.3. The van der Waals surface area contributed by atoms with Crippen LogP contribution < -0.4 is 5.73 Å². The van der Waals surface area contributed by atoms with E-state index in [-0.39, 0.29) is 5.82 Å². The first-order chi connectivity index (χ1) is 8.74. The van der Waals surface area contributed by atoms with Crippen LogP contribution in [0.15, 0.2) is 54.7 Å². The van der Waals surface area contributed by atoms with Gasteiger partial charge in [0.05, 0.1) is 0 Å². The molecular formula is C15H11FN2. The molecule has 0 atom stereocenters. The normalized spacial score (nSPS) is 10.7. The Bertz CT molecular complexity index is 723. The van der Waals surface area contributed by atoms with Gasteiger partial charge in [-0.1, -0.05) is 24.3 Å². The van der Waals surface area contributed by atoms with Gasteiger partial charge in [0.1, 0.15) is 11.6 Å². The first-order valence-electron chi connectivity index (χ1n) is 5.64. The molecule has 3 heteroatoms. The number of fused-ring (bicyclic) bond motifs is 1. The Hall–Kier alpha value is -2.42. The fraction of sp³-hybridized carbons (Fsp3) is 0. The molecule has 3 aromatic rings. The smallest absolute Gasteiger partial charge is 0.131 e. The van der Waals surface area contributed by atoms with E-state index in [0.29, 0.717) is 5.82 Å². The molecule has 2 aromatic carbocycles. The Morgan fingerprint density at radius 1 is 0.944 bits per heavy atom. The number of anilines is 1. The molecule has 0 amide bonds. The maximum Gasteiger partial charge on any atom is 0.131 e. The number of pyridine rings is 1. The van der Waals surface area contributed by atoms with Crippen molar-refractivity contribution in [3.63, 3.8) is 0 Å². The number of nitrogens with two attached hydrogens (primary N) is 1. The van der Waals surface area contributed by atoms with Gasteiger partial charge in [-0.25, -0.2) is 9.37 Å². The van der Waals surface area contributed by atoms with E-state index >= 15 is 0 Å². The topological polar surface area (TPSA) is 38.9 Å². The fourth-order valence-corrected chi connectivity index (χ4v) is 2.04. The van der Waals surface area contributed by atoms with Crippen LogP contribution in [0, 0.1) is 5.82 Å². The van der Waals surface area contributed by atoms with Crippen LogP contribution in [0.3, 0.4) is 0 Å². The fourth-order valence-electron chi connectivity index (χ4n) is 2.04. The monoisotopic (exact) mass is 238 g/mol. The highest BCUT2D eigenvalue weighted by molar-refractivity contribution is 5.94. The summed E-state index contributed by atoms with van der Waals surface area (Å²) in [5, 5.41) is 1.92. The Labute approximate surface area is 104 Å². The summed E-state index contributed by atoms with van der Waals surface area (Å²) >= 11 is 0. The molecule has 1 aromatic heterocycles. The number of benzene rings is 2. The van der Waals surface area contributed by atoms with Crippen LogP contribution in [0.1, 0.15) is 0 Å². The Balaban J connectivity index is 2.22. The van der Waals surface area contributed by atoms with E-state index in [9.17, 15) is 4.39 Å². The van der Waals surface area contributed by atoms with E-state index in [4.69, 9.17) is 5.73 Å². The van der Waals surface area contributed by atoms with Crippen LogP contribution in [0.2, 0.25) is 0 Å². The lowest BCUT2D eigenvalue weighted by Gasteiger charge is -2.05.